The maximum atomic E-state index is 6.01. The molecule has 1 aromatic carbocycles. The molecule has 0 spiro atoms. The first kappa shape index (κ1) is 10.4. The monoisotopic (exact) mass is 216 g/mol. The molecule has 0 unspecified atom stereocenters. The average molecular weight is 216 g/mol. The summed E-state index contributed by atoms with van der Waals surface area (Å²) in [7, 11) is -0.212. The minimum Gasteiger partial charge on any atom is -0.399 e. The molecular formula is C13H17BO2. The molecule has 0 bridgehead atoms. The first-order chi connectivity index (χ1) is 7.39. The van der Waals surface area contributed by atoms with Crippen molar-refractivity contribution in [1.29, 1.82) is 0 Å². The number of fused-ring (bicyclic) bond motifs is 1. The molecule has 1 saturated heterocycles. The van der Waals surface area contributed by atoms with Gasteiger partial charge in [-0.05, 0) is 50.7 Å². The van der Waals surface area contributed by atoms with Gasteiger partial charge >= 0.3 is 7.12 Å². The fraction of sp³-hybridized carbons (Fsp3) is 0.538. The van der Waals surface area contributed by atoms with Gasteiger partial charge in [-0.2, -0.15) is 0 Å². The van der Waals surface area contributed by atoms with Gasteiger partial charge in [0.25, 0.3) is 0 Å². The third-order valence-corrected chi connectivity index (χ3v) is 4.01. The molecule has 1 aromatic rings. The van der Waals surface area contributed by atoms with Gasteiger partial charge < -0.3 is 9.31 Å². The fourth-order valence-electron chi connectivity index (χ4n) is 2.04. The van der Waals surface area contributed by atoms with E-state index in [1.807, 2.05) is 0 Å². The number of hydrogen-bond acceptors (Lipinski definition) is 2. The van der Waals surface area contributed by atoms with Gasteiger partial charge in [0.2, 0.25) is 0 Å². The van der Waals surface area contributed by atoms with E-state index in [0.717, 1.165) is 11.9 Å². The highest BCUT2D eigenvalue weighted by molar-refractivity contribution is 6.62. The summed E-state index contributed by atoms with van der Waals surface area (Å²) in [6.45, 7) is 8.34. The Morgan fingerprint density at radius 1 is 1.00 bits per heavy atom. The van der Waals surface area contributed by atoms with Gasteiger partial charge in [0, 0.05) is 0 Å². The summed E-state index contributed by atoms with van der Waals surface area (Å²) in [5.41, 5.74) is 3.55. The van der Waals surface area contributed by atoms with Gasteiger partial charge in [-0.25, -0.2) is 0 Å². The molecular weight excluding hydrogens is 199 g/mol. The lowest BCUT2D eigenvalue weighted by Gasteiger charge is -2.32. The van der Waals surface area contributed by atoms with Crippen molar-refractivity contribution in [2.45, 2.75) is 45.3 Å². The van der Waals surface area contributed by atoms with Crippen LogP contribution in [0, 0.1) is 0 Å². The second-order valence-corrected chi connectivity index (χ2v) is 5.79. The summed E-state index contributed by atoms with van der Waals surface area (Å²) in [4.78, 5) is 0. The van der Waals surface area contributed by atoms with Crippen LogP contribution in [-0.2, 0) is 15.7 Å². The maximum Gasteiger partial charge on any atom is 0.494 e. The van der Waals surface area contributed by atoms with Gasteiger partial charge in [0.15, 0.2) is 0 Å². The third-order valence-electron chi connectivity index (χ3n) is 4.01. The van der Waals surface area contributed by atoms with Crippen molar-refractivity contribution in [1.82, 2.24) is 0 Å². The smallest absolute Gasteiger partial charge is 0.399 e. The second kappa shape index (κ2) is 2.90. The van der Waals surface area contributed by atoms with Crippen LogP contribution in [0.2, 0.25) is 0 Å². The molecule has 0 N–H and O–H groups in total. The third kappa shape index (κ3) is 1.42. The molecule has 1 aliphatic carbocycles. The molecule has 3 heteroatoms. The van der Waals surface area contributed by atoms with Crippen molar-refractivity contribution in [3.05, 3.63) is 29.3 Å². The molecule has 16 heavy (non-hydrogen) atoms. The van der Waals surface area contributed by atoms with Crippen molar-refractivity contribution < 1.29 is 9.31 Å². The lowest BCUT2D eigenvalue weighted by molar-refractivity contribution is 0.00578. The lowest BCUT2D eigenvalue weighted by atomic mass is 9.79. The Bertz CT molecular complexity index is 435. The molecule has 84 valence electrons. The van der Waals surface area contributed by atoms with Crippen molar-refractivity contribution in [3.63, 3.8) is 0 Å². The number of rotatable bonds is 1. The summed E-state index contributed by atoms with van der Waals surface area (Å²) in [6, 6.07) is 6.50. The molecule has 2 aliphatic rings. The van der Waals surface area contributed by atoms with Crippen LogP contribution in [-0.4, -0.2) is 18.3 Å². The summed E-state index contributed by atoms with van der Waals surface area (Å²) in [5.74, 6) is 0. The van der Waals surface area contributed by atoms with Crippen LogP contribution in [0.15, 0.2) is 18.2 Å². The Balaban J connectivity index is 1.89. The quantitative estimate of drug-likeness (QED) is 0.677. The first-order valence-corrected chi connectivity index (χ1v) is 5.86. The van der Waals surface area contributed by atoms with E-state index in [9.17, 15) is 0 Å². The van der Waals surface area contributed by atoms with Crippen molar-refractivity contribution >= 4 is 12.6 Å². The van der Waals surface area contributed by atoms with Gasteiger partial charge in [0.05, 0.1) is 11.2 Å². The van der Waals surface area contributed by atoms with Crippen LogP contribution in [0.25, 0.3) is 0 Å². The summed E-state index contributed by atoms with van der Waals surface area (Å²) in [6.07, 6.45) is 1.14. The topological polar surface area (TPSA) is 18.5 Å². The van der Waals surface area contributed by atoms with E-state index in [1.165, 1.54) is 11.1 Å². The molecule has 0 atom stereocenters. The normalized spacial score (nSPS) is 24.4. The van der Waals surface area contributed by atoms with E-state index in [-0.39, 0.29) is 18.3 Å². The fourth-order valence-corrected chi connectivity index (χ4v) is 2.04. The predicted octanol–water partition coefficient (Wildman–Crippen LogP) is 1.89. The molecule has 0 amide bonds. The van der Waals surface area contributed by atoms with Crippen LogP contribution >= 0.6 is 0 Å². The Hall–Kier alpha value is -0.795. The van der Waals surface area contributed by atoms with Crippen LogP contribution in [0.3, 0.4) is 0 Å². The Labute approximate surface area is 97.1 Å². The number of benzene rings is 1. The van der Waals surface area contributed by atoms with Crippen molar-refractivity contribution in [2.75, 3.05) is 0 Å². The van der Waals surface area contributed by atoms with Crippen LogP contribution < -0.4 is 5.46 Å². The summed E-state index contributed by atoms with van der Waals surface area (Å²) < 4.78 is 12.0. The molecule has 2 nitrogen and oxygen atoms in total. The van der Waals surface area contributed by atoms with Gasteiger partial charge in [0.1, 0.15) is 0 Å². The maximum absolute atomic E-state index is 6.01. The molecule has 0 aromatic heterocycles. The highest BCUT2D eigenvalue weighted by Gasteiger charge is 2.51. The highest BCUT2D eigenvalue weighted by atomic mass is 16.7. The van der Waals surface area contributed by atoms with Crippen molar-refractivity contribution in [3.8, 4) is 0 Å². The zero-order valence-electron chi connectivity index (χ0n) is 10.3. The molecule has 1 fully saturated rings. The van der Waals surface area contributed by atoms with Gasteiger partial charge in [-0.3, -0.25) is 0 Å². The molecule has 3 rings (SSSR count). The Kier molecular flexibility index (Phi) is 1.88. The average Bonchev–Trinajstić information content (AvgIpc) is 2.88. The lowest BCUT2D eigenvalue weighted by Crippen LogP contribution is -2.41. The van der Waals surface area contributed by atoms with E-state index in [4.69, 9.17) is 9.31 Å². The Morgan fingerprint density at radius 3 is 2.19 bits per heavy atom. The summed E-state index contributed by atoms with van der Waals surface area (Å²) in [5, 5.41) is 0. The molecule has 0 radical (unpaired) electrons. The molecule has 1 heterocycles. The first-order valence-electron chi connectivity index (χ1n) is 5.86. The van der Waals surface area contributed by atoms with Gasteiger partial charge in [-0.15, -0.1) is 0 Å². The van der Waals surface area contributed by atoms with Crippen LogP contribution in [0.4, 0.5) is 0 Å². The second-order valence-electron chi connectivity index (χ2n) is 5.79. The highest BCUT2D eigenvalue weighted by Crippen LogP contribution is 2.37. The van der Waals surface area contributed by atoms with Crippen LogP contribution in [0.1, 0.15) is 38.8 Å². The predicted molar refractivity (Wildman–Crippen MR) is 65.0 cm³/mol. The van der Waals surface area contributed by atoms with Gasteiger partial charge in [-0.1, -0.05) is 18.2 Å². The van der Waals surface area contributed by atoms with Crippen LogP contribution in [0.5, 0.6) is 0 Å². The molecule has 0 saturated carbocycles. The van der Waals surface area contributed by atoms with E-state index in [0.29, 0.717) is 0 Å². The standard InChI is InChI=1S/C13H17BO2/c1-12(2)13(3,4)16-14(15-12)11-6-5-9-7-10(9)8-11/h5-6,8H,7H2,1-4H3. The summed E-state index contributed by atoms with van der Waals surface area (Å²) >= 11 is 0. The van der Waals surface area contributed by atoms with E-state index >= 15 is 0 Å². The minimum atomic E-state index is -0.245. The largest absolute Gasteiger partial charge is 0.494 e. The van der Waals surface area contributed by atoms with E-state index in [2.05, 4.69) is 45.9 Å². The van der Waals surface area contributed by atoms with E-state index < -0.39 is 0 Å². The zero-order chi connectivity index (χ0) is 11.6. The zero-order valence-corrected chi connectivity index (χ0v) is 10.3. The molecule has 1 aliphatic heterocycles. The number of hydrogen-bond donors (Lipinski definition) is 0. The minimum absolute atomic E-state index is 0.212. The SMILES string of the molecule is CC1(C)OB(c2ccc3c(c2)C3)OC1(C)C. The van der Waals surface area contributed by atoms with E-state index in [1.54, 1.807) is 0 Å². The van der Waals surface area contributed by atoms with Crippen molar-refractivity contribution in [2.24, 2.45) is 0 Å². The Morgan fingerprint density at radius 2 is 1.62 bits per heavy atom.